The second kappa shape index (κ2) is 7.12. The summed E-state index contributed by atoms with van der Waals surface area (Å²) in [6, 6.07) is 11.1. The van der Waals surface area contributed by atoms with E-state index in [1.807, 2.05) is 18.2 Å². The number of hydrogen-bond acceptors (Lipinski definition) is 2. The molecule has 0 radical (unpaired) electrons. The van der Waals surface area contributed by atoms with Gasteiger partial charge in [0.2, 0.25) is 0 Å². The molecular formula is C22H24O2. The molecule has 24 heavy (non-hydrogen) atoms. The van der Waals surface area contributed by atoms with Crippen LogP contribution in [0.5, 0.6) is 0 Å². The molecule has 2 nitrogen and oxygen atoms in total. The summed E-state index contributed by atoms with van der Waals surface area (Å²) < 4.78 is 0. The molecule has 3 rings (SSSR count). The van der Waals surface area contributed by atoms with E-state index in [0.29, 0.717) is 22.3 Å². The van der Waals surface area contributed by atoms with Gasteiger partial charge in [0.1, 0.15) is 0 Å². The second-order valence-corrected chi connectivity index (χ2v) is 6.54. The van der Waals surface area contributed by atoms with Crippen molar-refractivity contribution in [1.82, 2.24) is 0 Å². The average Bonchev–Trinajstić information content (AvgIpc) is 2.62. The fourth-order valence-corrected chi connectivity index (χ4v) is 3.54. The molecule has 0 amide bonds. The minimum atomic E-state index is -0.0139. The molecule has 0 aromatic heterocycles. The maximum absolute atomic E-state index is 13.1. The lowest BCUT2D eigenvalue weighted by Crippen LogP contribution is -2.23. The van der Waals surface area contributed by atoms with Gasteiger partial charge in [-0.15, -0.1) is 0 Å². The molecule has 0 unspecified atom stereocenters. The van der Waals surface area contributed by atoms with Gasteiger partial charge in [0.25, 0.3) is 0 Å². The van der Waals surface area contributed by atoms with Crippen LogP contribution in [0.1, 0.15) is 82.5 Å². The van der Waals surface area contributed by atoms with Crippen LogP contribution < -0.4 is 0 Å². The van der Waals surface area contributed by atoms with Gasteiger partial charge in [-0.05, 0) is 42.9 Å². The first-order valence-electron chi connectivity index (χ1n) is 9.02. The Morgan fingerprint density at radius 2 is 1.33 bits per heavy atom. The molecule has 124 valence electrons. The van der Waals surface area contributed by atoms with Crippen LogP contribution in [0.25, 0.3) is 0 Å². The Morgan fingerprint density at radius 1 is 0.708 bits per heavy atom. The number of hydrogen-bond donors (Lipinski definition) is 0. The molecule has 2 aromatic carbocycles. The summed E-state index contributed by atoms with van der Waals surface area (Å²) in [7, 11) is 0. The van der Waals surface area contributed by atoms with Crippen molar-refractivity contribution >= 4 is 11.6 Å². The molecule has 1 aliphatic rings. The summed E-state index contributed by atoms with van der Waals surface area (Å²) in [5.41, 5.74) is 4.70. The van der Waals surface area contributed by atoms with Crippen LogP contribution in [0, 0.1) is 0 Å². The first kappa shape index (κ1) is 16.6. The van der Waals surface area contributed by atoms with Gasteiger partial charge in [-0.2, -0.15) is 0 Å². The lowest BCUT2D eigenvalue weighted by atomic mass is 9.79. The number of unbranched alkanes of at least 4 members (excludes halogenated alkanes) is 2. The highest BCUT2D eigenvalue weighted by molar-refractivity contribution is 6.29. The molecule has 0 saturated carbocycles. The van der Waals surface area contributed by atoms with Crippen molar-refractivity contribution in [2.24, 2.45) is 0 Å². The first-order valence-corrected chi connectivity index (χ1v) is 9.02. The minimum Gasteiger partial charge on any atom is -0.289 e. The van der Waals surface area contributed by atoms with Crippen molar-refractivity contribution in [2.45, 2.75) is 52.4 Å². The van der Waals surface area contributed by atoms with Crippen molar-refractivity contribution in [3.05, 3.63) is 69.8 Å². The molecule has 0 spiro atoms. The zero-order valence-corrected chi connectivity index (χ0v) is 14.5. The Labute approximate surface area is 143 Å². The smallest absolute Gasteiger partial charge is 0.194 e. The average molecular weight is 320 g/mol. The highest BCUT2D eigenvalue weighted by Gasteiger charge is 2.31. The Morgan fingerprint density at radius 3 is 2.00 bits per heavy atom. The highest BCUT2D eigenvalue weighted by Crippen LogP contribution is 2.32. The maximum Gasteiger partial charge on any atom is 0.194 e. The number of fused-ring (bicyclic) bond motifs is 2. The molecule has 0 aliphatic heterocycles. The van der Waals surface area contributed by atoms with Gasteiger partial charge in [0.05, 0.1) is 0 Å². The van der Waals surface area contributed by atoms with Gasteiger partial charge in [-0.3, -0.25) is 9.59 Å². The zero-order valence-electron chi connectivity index (χ0n) is 14.5. The molecule has 0 heterocycles. The normalized spacial score (nSPS) is 12.9. The summed E-state index contributed by atoms with van der Waals surface area (Å²) in [5.74, 6) is 0.00430. The number of benzene rings is 2. The predicted molar refractivity (Wildman–Crippen MR) is 97.0 cm³/mol. The SMILES string of the molecule is CCCCc1ccc2c(c1CCCC)C(=O)c1ccccc1C2=O. The third-order valence-electron chi connectivity index (χ3n) is 4.88. The number of aryl methyl sites for hydroxylation is 1. The lowest BCUT2D eigenvalue weighted by Gasteiger charge is -2.22. The highest BCUT2D eigenvalue weighted by atomic mass is 16.1. The molecule has 2 heteroatoms. The molecule has 0 fully saturated rings. The van der Waals surface area contributed by atoms with Crippen molar-refractivity contribution in [1.29, 1.82) is 0 Å². The summed E-state index contributed by atoms with van der Waals surface area (Å²) in [5, 5.41) is 0. The molecular weight excluding hydrogens is 296 g/mol. The van der Waals surface area contributed by atoms with E-state index in [4.69, 9.17) is 0 Å². The largest absolute Gasteiger partial charge is 0.289 e. The molecule has 0 saturated heterocycles. The van der Waals surface area contributed by atoms with Crippen molar-refractivity contribution in [2.75, 3.05) is 0 Å². The lowest BCUT2D eigenvalue weighted by molar-refractivity contribution is 0.0978. The van der Waals surface area contributed by atoms with E-state index in [1.54, 1.807) is 12.1 Å². The minimum absolute atomic E-state index is 0.0139. The predicted octanol–water partition coefficient (Wildman–Crippen LogP) is 5.15. The Bertz CT molecular complexity index is 787. The van der Waals surface area contributed by atoms with E-state index in [-0.39, 0.29) is 11.6 Å². The quantitative estimate of drug-likeness (QED) is 0.629. The van der Waals surface area contributed by atoms with Gasteiger partial charge >= 0.3 is 0 Å². The van der Waals surface area contributed by atoms with E-state index in [0.717, 1.165) is 44.1 Å². The van der Waals surface area contributed by atoms with Crippen LogP contribution in [0.2, 0.25) is 0 Å². The van der Waals surface area contributed by atoms with Crippen LogP contribution in [-0.4, -0.2) is 11.6 Å². The van der Waals surface area contributed by atoms with Crippen LogP contribution in [0.15, 0.2) is 36.4 Å². The van der Waals surface area contributed by atoms with E-state index < -0.39 is 0 Å². The molecule has 0 atom stereocenters. The number of carbonyl (C=O) groups is 2. The Balaban J connectivity index is 2.16. The summed E-state index contributed by atoms with van der Waals surface area (Å²) in [4.78, 5) is 26.0. The Kier molecular flexibility index (Phi) is 4.94. The fraction of sp³-hybridized carbons (Fsp3) is 0.364. The summed E-state index contributed by atoms with van der Waals surface area (Å²) in [6.07, 6.45) is 6.21. The van der Waals surface area contributed by atoms with Gasteiger partial charge in [0.15, 0.2) is 11.6 Å². The van der Waals surface area contributed by atoms with Crippen LogP contribution in [0.4, 0.5) is 0 Å². The first-order chi connectivity index (χ1) is 11.7. The van der Waals surface area contributed by atoms with Crippen LogP contribution in [-0.2, 0) is 12.8 Å². The van der Waals surface area contributed by atoms with Gasteiger partial charge in [-0.1, -0.05) is 57.0 Å². The van der Waals surface area contributed by atoms with Gasteiger partial charge < -0.3 is 0 Å². The standard InChI is InChI=1S/C22H24O2/c1-3-5-9-15-13-14-19-20(16(15)10-6-4-2)22(24)18-12-8-7-11-17(18)21(19)23/h7-8,11-14H,3-6,9-10H2,1-2H3. The van der Waals surface area contributed by atoms with Crippen molar-refractivity contribution in [3.63, 3.8) is 0 Å². The third-order valence-corrected chi connectivity index (χ3v) is 4.88. The van der Waals surface area contributed by atoms with E-state index in [1.165, 1.54) is 5.56 Å². The van der Waals surface area contributed by atoms with Crippen LogP contribution in [0.3, 0.4) is 0 Å². The zero-order chi connectivity index (χ0) is 17.1. The van der Waals surface area contributed by atoms with E-state index in [2.05, 4.69) is 19.9 Å². The van der Waals surface area contributed by atoms with Crippen LogP contribution >= 0.6 is 0 Å². The number of ketones is 2. The number of rotatable bonds is 6. The monoisotopic (exact) mass is 320 g/mol. The third kappa shape index (κ3) is 2.82. The molecule has 0 N–H and O–H groups in total. The topological polar surface area (TPSA) is 34.1 Å². The van der Waals surface area contributed by atoms with E-state index >= 15 is 0 Å². The summed E-state index contributed by atoms with van der Waals surface area (Å²) in [6.45, 7) is 4.33. The fourth-order valence-electron chi connectivity index (χ4n) is 3.54. The van der Waals surface area contributed by atoms with Gasteiger partial charge in [0, 0.05) is 22.3 Å². The van der Waals surface area contributed by atoms with Gasteiger partial charge in [-0.25, -0.2) is 0 Å². The van der Waals surface area contributed by atoms with Crippen molar-refractivity contribution in [3.8, 4) is 0 Å². The second-order valence-electron chi connectivity index (χ2n) is 6.54. The Hall–Kier alpha value is -2.22. The maximum atomic E-state index is 13.1. The van der Waals surface area contributed by atoms with E-state index in [9.17, 15) is 9.59 Å². The van der Waals surface area contributed by atoms with Crippen molar-refractivity contribution < 1.29 is 9.59 Å². The molecule has 1 aliphatic carbocycles. The number of carbonyl (C=O) groups excluding carboxylic acids is 2. The molecule has 2 aromatic rings. The molecule has 0 bridgehead atoms. The summed E-state index contributed by atoms with van der Waals surface area (Å²) >= 11 is 0.